The first-order chi connectivity index (χ1) is 11.7. The largest absolute Gasteiger partial charge is 0.550 e. The fourth-order valence-electron chi connectivity index (χ4n) is 4.34. The third-order valence-electron chi connectivity index (χ3n) is 5.86. The summed E-state index contributed by atoms with van der Waals surface area (Å²) in [5, 5.41) is 14.5. The van der Waals surface area contributed by atoms with E-state index >= 15 is 0 Å². The van der Waals surface area contributed by atoms with Crippen molar-refractivity contribution in [1.82, 2.24) is 5.32 Å². The second kappa shape index (κ2) is 10.7. The van der Waals surface area contributed by atoms with Crippen LogP contribution in [0.25, 0.3) is 0 Å². The standard InChI is InChI=1S/C20H35NO3/c22-19(17-14-10-11-15-18(17)20(23)24)21-16-12-8-6-4-2-1-3-5-7-9-13-16/h16-18H,1-15H2,(H,21,22)(H,23,24)/p-1/t17-,18+/m1/s1. The maximum Gasteiger partial charge on any atom is 0.223 e. The number of carbonyl (C=O) groups is 2. The van der Waals surface area contributed by atoms with Crippen molar-refractivity contribution in [2.75, 3.05) is 0 Å². The van der Waals surface area contributed by atoms with Gasteiger partial charge < -0.3 is 15.2 Å². The minimum Gasteiger partial charge on any atom is -0.550 e. The Balaban J connectivity index is 1.87. The number of hydrogen-bond donors (Lipinski definition) is 1. The number of carbonyl (C=O) groups excluding carboxylic acids is 2. The maximum atomic E-state index is 12.7. The normalized spacial score (nSPS) is 28.3. The van der Waals surface area contributed by atoms with Gasteiger partial charge in [-0.3, -0.25) is 4.79 Å². The van der Waals surface area contributed by atoms with Gasteiger partial charge in [0.15, 0.2) is 0 Å². The van der Waals surface area contributed by atoms with Gasteiger partial charge >= 0.3 is 0 Å². The van der Waals surface area contributed by atoms with E-state index in [0.717, 1.165) is 25.7 Å². The molecule has 0 unspecified atom stereocenters. The molecule has 0 heterocycles. The van der Waals surface area contributed by atoms with Crippen LogP contribution >= 0.6 is 0 Å². The number of aliphatic carboxylic acids is 1. The van der Waals surface area contributed by atoms with E-state index in [9.17, 15) is 14.7 Å². The summed E-state index contributed by atoms with van der Waals surface area (Å²) in [4.78, 5) is 24.0. The highest BCUT2D eigenvalue weighted by Gasteiger charge is 2.32. The number of carboxylic acids is 1. The van der Waals surface area contributed by atoms with Crippen molar-refractivity contribution in [3.05, 3.63) is 0 Å². The summed E-state index contributed by atoms with van der Waals surface area (Å²) in [7, 11) is 0. The molecular weight excluding hydrogens is 302 g/mol. The van der Waals surface area contributed by atoms with Crippen LogP contribution in [0.3, 0.4) is 0 Å². The predicted molar refractivity (Wildman–Crippen MR) is 93.2 cm³/mol. The Bertz CT molecular complexity index is 384. The monoisotopic (exact) mass is 336 g/mol. The molecule has 0 spiro atoms. The molecule has 4 nitrogen and oxygen atoms in total. The molecule has 0 bridgehead atoms. The average molecular weight is 336 g/mol. The second-order valence-electron chi connectivity index (χ2n) is 7.78. The first-order valence-corrected chi connectivity index (χ1v) is 10.2. The fraction of sp³-hybridized carbons (Fsp3) is 0.900. The Morgan fingerprint density at radius 2 is 1.04 bits per heavy atom. The fourth-order valence-corrected chi connectivity index (χ4v) is 4.34. The van der Waals surface area contributed by atoms with Crippen molar-refractivity contribution in [2.24, 2.45) is 11.8 Å². The van der Waals surface area contributed by atoms with Gasteiger partial charge in [-0.2, -0.15) is 0 Å². The molecule has 2 aliphatic rings. The van der Waals surface area contributed by atoms with Gasteiger partial charge in [-0.1, -0.05) is 70.6 Å². The Kier molecular flexibility index (Phi) is 8.62. The van der Waals surface area contributed by atoms with Crippen LogP contribution in [-0.4, -0.2) is 17.9 Å². The molecule has 0 aliphatic heterocycles. The van der Waals surface area contributed by atoms with Crippen molar-refractivity contribution in [3.63, 3.8) is 0 Å². The number of carboxylic acid groups (broad SMARTS) is 1. The molecular formula is C20H34NO3-. The molecule has 2 atom stereocenters. The van der Waals surface area contributed by atoms with Gasteiger partial charge in [0.05, 0.1) is 0 Å². The van der Waals surface area contributed by atoms with E-state index in [2.05, 4.69) is 5.32 Å². The van der Waals surface area contributed by atoms with E-state index in [0.29, 0.717) is 12.8 Å². The van der Waals surface area contributed by atoms with Crippen LogP contribution in [-0.2, 0) is 9.59 Å². The van der Waals surface area contributed by atoms with Gasteiger partial charge in [0.25, 0.3) is 0 Å². The van der Waals surface area contributed by atoms with E-state index in [1.807, 2.05) is 0 Å². The molecule has 0 aromatic heterocycles. The van der Waals surface area contributed by atoms with Crippen molar-refractivity contribution >= 4 is 11.9 Å². The topological polar surface area (TPSA) is 69.2 Å². The van der Waals surface area contributed by atoms with Gasteiger partial charge in [0.2, 0.25) is 5.91 Å². The number of nitrogens with one attached hydrogen (secondary N) is 1. The molecule has 0 radical (unpaired) electrons. The van der Waals surface area contributed by atoms with Gasteiger partial charge in [-0.25, -0.2) is 0 Å². The molecule has 2 rings (SSSR count). The highest BCUT2D eigenvalue weighted by molar-refractivity contribution is 5.84. The zero-order valence-corrected chi connectivity index (χ0v) is 15.1. The summed E-state index contributed by atoms with van der Waals surface area (Å²) in [5.41, 5.74) is 0. The molecule has 2 aliphatic carbocycles. The summed E-state index contributed by atoms with van der Waals surface area (Å²) < 4.78 is 0. The zero-order chi connectivity index (χ0) is 17.2. The third-order valence-corrected chi connectivity index (χ3v) is 5.86. The lowest BCUT2D eigenvalue weighted by molar-refractivity contribution is -0.314. The van der Waals surface area contributed by atoms with Gasteiger partial charge in [-0.05, 0) is 25.7 Å². The summed E-state index contributed by atoms with van der Waals surface area (Å²) in [5.74, 6) is -2.07. The third kappa shape index (κ3) is 6.45. The van der Waals surface area contributed by atoms with E-state index in [1.165, 1.54) is 57.8 Å². The second-order valence-corrected chi connectivity index (χ2v) is 7.78. The Hall–Kier alpha value is -1.06. The first-order valence-electron chi connectivity index (χ1n) is 10.2. The van der Waals surface area contributed by atoms with Crippen LogP contribution < -0.4 is 10.4 Å². The lowest BCUT2D eigenvalue weighted by atomic mass is 9.78. The van der Waals surface area contributed by atoms with Crippen molar-refractivity contribution in [3.8, 4) is 0 Å². The van der Waals surface area contributed by atoms with E-state index in [4.69, 9.17) is 0 Å². The van der Waals surface area contributed by atoms with Gasteiger partial charge in [0, 0.05) is 23.8 Å². The maximum absolute atomic E-state index is 12.7. The Morgan fingerprint density at radius 1 is 0.625 bits per heavy atom. The highest BCUT2D eigenvalue weighted by Crippen LogP contribution is 2.30. The molecule has 4 heteroatoms. The lowest BCUT2D eigenvalue weighted by Crippen LogP contribution is -2.47. The van der Waals surface area contributed by atoms with Crippen molar-refractivity contribution in [1.29, 1.82) is 0 Å². The van der Waals surface area contributed by atoms with Crippen LogP contribution in [0.4, 0.5) is 0 Å². The van der Waals surface area contributed by atoms with E-state index in [-0.39, 0.29) is 17.9 Å². The molecule has 0 saturated heterocycles. The SMILES string of the molecule is O=C([O-])[C@H]1CCCC[C@H]1C(=O)NC1CCCCCCCCCCC1. The molecule has 24 heavy (non-hydrogen) atoms. The molecule has 2 fully saturated rings. The summed E-state index contributed by atoms with van der Waals surface area (Å²) in [6.07, 6.45) is 16.7. The van der Waals surface area contributed by atoms with E-state index in [1.54, 1.807) is 0 Å². The molecule has 1 amide bonds. The highest BCUT2D eigenvalue weighted by atomic mass is 16.4. The molecule has 2 saturated carbocycles. The van der Waals surface area contributed by atoms with E-state index < -0.39 is 11.9 Å². The minimum absolute atomic E-state index is 0.0407. The van der Waals surface area contributed by atoms with Gasteiger partial charge in [0.1, 0.15) is 0 Å². The smallest absolute Gasteiger partial charge is 0.223 e. The molecule has 0 aromatic rings. The first kappa shape index (κ1) is 19.3. The minimum atomic E-state index is -1.05. The van der Waals surface area contributed by atoms with Crippen molar-refractivity contribution in [2.45, 2.75) is 102 Å². The average Bonchev–Trinajstić information content (AvgIpc) is 2.57. The molecule has 0 aromatic carbocycles. The van der Waals surface area contributed by atoms with Crippen LogP contribution in [0.1, 0.15) is 96.3 Å². The molecule has 1 N–H and O–H groups in total. The summed E-state index contributed by atoms with van der Waals surface area (Å²) >= 11 is 0. The van der Waals surface area contributed by atoms with Crippen molar-refractivity contribution < 1.29 is 14.7 Å². The number of rotatable bonds is 3. The van der Waals surface area contributed by atoms with Crippen LogP contribution in [0, 0.1) is 11.8 Å². The number of amides is 1. The zero-order valence-electron chi connectivity index (χ0n) is 15.1. The summed E-state index contributed by atoms with van der Waals surface area (Å²) in [6, 6.07) is 0.223. The van der Waals surface area contributed by atoms with Crippen LogP contribution in [0.15, 0.2) is 0 Å². The van der Waals surface area contributed by atoms with Crippen LogP contribution in [0.2, 0.25) is 0 Å². The Morgan fingerprint density at radius 3 is 1.54 bits per heavy atom. The molecule has 138 valence electrons. The number of hydrogen-bond acceptors (Lipinski definition) is 3. The lowest BCUT2D eigenvalue weighted by Gasteiger charge is -2.32. The predicted octanol–water partition coefficient (Wildman–Crippen LogP) is 3.33. The van der Waals surface area contributed by atoms with Gasteiger partial charge in [-0.15, -0.1) is 0 Å². The quantitative estimate of drug-likeness (QED) is 0.859. The Labute approximate surface area is 146 Å². The van der Waals surface area contributed by atoms with Crippen LogP contribution in [0.5, 0.6) is 0 Å². The summed E-state index contributed by atoms with van der Waals surface area (Å²) in [6.45, 7) is 0.